The molecule has 7 atom stereocenters. The molecule has 0 aromatic heterocycles. The molecule has 4 fully saturated rings. The van der Waals surface area contributed by atoms with Gasteiger partial charge in [-0.05, 0) is 36.2 Å². The molecule has 0 aliphatic heterocycles. The van der Waals surface area contributed by atoms with Crippen molar-refractivity contribution >= 4 is 11.6 Å². The molecule has 25 heavy (non-hydrogen) atoms. The monoisotopic (exact) mass is 348 g/mol. The number of hydrogen-bond donors (Lipinski definition) is 3. The van der Waals surface area contributed by atoms with Crippen LogP contribution in [0.3, 0.4) is 0 Å². The van der Waals surface area contributed by atoms with E-state index in [2.05, 4.69) is 20.4 Å². The van der Waals surface area contributed by atoms with Gasteiger partial charge in [-0.25, -0.2) is 0 Å². The topological polar surface area (TPSA) is 94.8 Å². The van der Waals surface area contributed by atoms with Crippen molar-refractivity contribution in [3.05, 3.63) is 12.2 Å². The summed E-state index contributed by atoms with van der Waals surface area (Å²) < 4.78 is 0. The third-order valence-corrected chi connectivity index (χ3v) is 8.20. The Balaban J connectivity index is 1.96. The van der Waals surface area contributed by atoms with Crippen molar-refractivity contribution in [1.82, 2.24) is 0 Å². The lowest BCUT2D eigenvalue weighted by atomic mass is 9.39. The van der Waals surface area contributed by atoms with E-state index < -0.39 is 34.9 Å². The van der Waals surface area contributed by atoms with Gasteiger partial charge in [0.1, 0.15) is 5.78 Å². The van der Waals surface area contributed by atoms with E-state index in [0.717, 1.165) is 12.8 Å². The first-order chi connectivity index (χ1) is 11.6. The molecule has 1 unspecified atom stereocenters. The normalized spacial score (nSPS) is 51.2. The Morgan fingerprint density at radius 2 is 1.88 bits per heavy atom. The van der Waals surface area contributed by atoms with E-state index in [9.17, 15) is 24.9 Å². The number of carbonyl (C=O) groups excluding carboxylic acids is 2. The molecular formula is C20H28O5. The van der Waals surface area contributed by atoms with Gasteiger partial charge in [-0.1, -0.05) is 26.8 Å². The van der Waals surface area contributed by atoms with Gasteiger partial charge in [0, 0.05) is 30.3 Å². The van der Waals surface area contributed by atoms with Crippen molar-refractivity contribution < 1.29 is 24.9 Å². The predicted octanol–water partition coefficient (Wildman–Crippen LogP) is 1.25. The standard InChI is InChI=1S/C20H28O5/c1-10-11-7-12(22)15-19(9-21)6-4-5-18(2,3)13(19)8-14(23)20(15,16(10)24)17(11)25/h11,13-15,17,21,23,25H,1,4-9H2,2-3H3/t11-,13+,14-,15-,17?,19-,20+/m1/s1. The Morgan fingerprint density at radius 3 is 2.52 bits per heavy atom. The van der Waals surface area contributed by atoms with Gasteiger partial charge in [0.05, 0.1) is 17.6 Å². The van der Waals surface area contributed by atoms with Crippen LogP contribution in [0.15, 0.2) is 12.2 Å². The van der Waals surface area contributed by atoms with Crippen molar-refractivity contribution in [2.45, 2.75) is 58.2 Å². The van der Waals surface area contributed by atoms with Crippen molar-refractivity contribution in [3.8, 4) is 0 Å². The van der Waals surface area contributed by atoms with Crippen LogP contribution in [0.5, 0.6) is 0 Å². The minimum Gasteiger partial charge on any atom is -0.396 e. The Morgan fingerprint density at radius 1 is 1.20 bits per heavy atom. The Bertz CT molecular complexity index is 667. The molecule has 4 saturated carbocycles. The van der Waals surface area contributed by atoms with Gasteiger partial charge in [0.15, 0.2) is 5.78 Å². The van der Waals surface area contributed by atoms with Gasteiger partial charge in [-0.15, -0.1) is 0 Å². The molecule has 4 aliphatic carbocycles. The smallest absolute Gasteiger partial charge is 0.170 e. The molecule has 0 amide bonds. The zero-order valence-electron chi connectivity index (χ0n) is 15.0. The fraction of sp³-hybridized carbons (Fsp3) is 0.800. The second kappa shape index (κ2) is 5.02. The highest BCUT2D eigenvalue weighted by Gasteiger charge is 2.76. The summed E-state index contributed by atoms with van der Waals surface area (Å²) in [4.78, 5) is 26.3. The van der Waals surface area contributed by atoms with Gasteiger partial charge in [-0.2, -0.15) is 0 Å². The van der Waals surface area contributed by atoms with E-state index >= 15 is 0 Å². The average Bonchev–Trinajstić information content (AvgIpc) is 2.67. The molecule has 0 aromatic rings. The van der Waals surface area contributed by atoms with Crippen LogP contribution >= 0.6 is 0 Å². The third kappa shape index (κ3) is 1.75. The second-order valence-corrected chi connectivity index (χ2v) is 9.48. The first-order valence-electron chi connectivity index (χ1n) is 9.38. The number of ketones is 2. The van der Waals surface area contributed by atoms with Gasteiger partial charge in [-0.3, -0.25) is 9.59 Å². The Labute approximate surface area is 148 Å². The minimum absolute atomic E-state index is 0.0567. The molecule has 0 saturated heterocycles. The highest BCUT2D eigenvalue weighted by atomic mass is 16.3. The number of fused-ring (bicyclic) bond motifs is 3. The van der Waals surface area contributed by atoms with Crippen LogP contribution in [0.2, 0.25) is 0 Å². The van der Waals surface area contributed by atoms with Gasteiger partial charge >= 0.3 is 0 Å². The molecule has 138 valence electrons. The maximum Gasteiger partial charge on any atom is 0.170 e. The molecule has 0 heterocycles. The molecule has 5 nitrogen and oxygen atoms in total. The van der Waals surface area contributed by atoms with Gasteiger partial charge in [0.2, 0.25) is 0 Å². The summed E-state index contributed by atoms with van der Waals surface area (Å²) in [6.07, 6.45) is 0.743. The van der Waals surface area contributed by atoms with E-state index in [-0.39, 0.29) is 41.5 Å². The lowest BCUT2D eigenvalue weighted by Gasteiger charge is -2.64. The summed E-state index contributed by atoms with van der Waals surface area (Å²) in [5.41, 5.74) is -2.12. The first-order valence-corrected chi connectivity index (χ1v) is 9.38. The maximum absolute atomic E-state index is 13.2. The summed E-state index contributed by atoms with van der Waals surface area (Å²) in [5.74, 6) is -1.93. The van der Waals surface area contributed by atoms with E-state index in [4.69, 9.17) is 0 Å². The predicted molar refractivity (Wildman–Crippen MR) is 90.5 cm³/mol. The number of rotatable bonds is 1. The highest BCUT2D eigenvalue weighted by molar-refractivity contribution is 6.09. The number of aliphatic hydroxyl groups is 3. The van der Waals surface area contributed by atoms with E-state index in [1.165, 1.54) is 0 Å². The second-order valence-electron chi connectivity index (χ2n) is 9.48. The van der Waals surface area contributed by atoms with Crippen molar-refractivity contribution in [2.24, 2.45) is 34.0 Å². The van der Waals surface area contributed by atoms with Crippen molar-refractivity contribution in [2.75, 3.05) is 6.61 Å². The van der Waals surface area contributed by atoms with E-state index in [0.29, 0.717) is 12.8 Å². The summed E-state index contributed by atoms with van der Waals surface area (Å²) in [5, 5.41) is 32.5. The Hall–Kier alpha value is -1.04. The van der Waals surface area contributed by atoms with Crippen LogP contribution in [-0.2, 0) is 9.59 Å². The molecule has 5 heteroatoms. The molecular weight excluding hydrogens is 320 g/mol. The van der Waals surface area contributed by atoms with Crippen LogP contribution in [-0.4, -0.2) is 45.7 Å². The minimum atomic E-state index is -1.51. The molecule has 3 N–H and O–H groups in total. The van der Waals surface area contributed by atoms with Crippen LogP contribution in [0.1, 0.15) is 46.0 Å². The highest BCUT2D eigenvalue weighted by Crippen LogP contribution is 2.70. The van der Waals surface area contributed by atoms with Crippen LogP contribution in [0.25, 0.3) is 0 Å². The molecule has 0 radical (unpaired) electrons. The number of carbonyl (C=O) groups is 2. The Kier molecular flexibility index (Phi) is 3.49. The fourth-order valence-corrected chi connectivity index (χ4v) is 7.18. The molecule has 1 spiro atoms. The van der Waals surface area contributed by atoms with Crippen LogP contribution in [0, 0.1) is 34.0 Å². The summed E-state index contributed by atoms with van der Waals surface area (Å²) in [6.45, 7) is 7.88. The number of aliphatic hydroxyl groups excluding tert-OH is 3. The zero-order chi connectivity index (χ0) is 18.4. The van der Waals surface area contributed by atoms with Crippen LogP contribution < -0.4 is 0 Å². The largest absolute Gasteiger partial charge is 0.396 e. The van der Waals surface area contributed by atoms with Crippen molar-refractivity contribution in [1.29, 1.82) is 0 Å². The fourth-order valence-electron chi connectivity index (χ4n) is 7.18. The maximum atomic E-state index is 13.2. The molecule has 2 bridgehead atoms. The summed E-state index contributed by atoms with van der Waals surface area (Å²) >= 11 is 0. The number of hydrogen-bond acceptors (Lipinski definition) is 5. The average molecular weight is 348 g/mol. The third-order valence-electron chi connectivity index (χ3n) is 8.20. The molecule has 0 aromatic carbocycles. The van der Waals surface area contributed by atoms with E-state index in [1.807, 2.05) is 0 Å². The van der Waals surface area contributed by atoms with Crippen molar-refractivity contribution in [3.63, 3.8) is 0 Å². The zero-order valence-corrected chi connectivity index (χ0v) is 15.0. The van der Waals surface area contributed by atoms with E-state index in [1.54, 1.807) is 0 Å². The molecule has 4 aliphatic rings. The molecule has 4 rings (SSSR count). The SMILES string of the molecule is C=C1C(=O)[C@@]23C(O)[C@@H]1CC(=O)[C@@H]2[C@@]1(CO)CCCC(C)(C)[C@@H]1C[C@H]3O. The van der Waals surface area contributed by atoms with Gasteiger partial charge < -0.3 is 15.3 Å². The number of Topliss-reactive ketones (excluding diaryl/α,β-unsaturated/α-hetero) is 2. The quantitative estimate of drug-likeness (QED) is 0.620. The van der Waals surface area contributed by atoms with Gasteiger partial charge in [0.25, 0.3) is 0 Å². The first kappa shape index (κ1) is 17.4. The lowest BCUT2D eigenvalue weighted by molar-refractivity contribution is -0.232. The lowest BCUT2D eigenvalue weighted by Crippen LogP contribution is -2.70. The summed E-state index contributed by atoms with van der Waals surface area (Å²) in [7, 11) is 0. The van der Waals surface area contributed by atoms with Crippen LogP contribution in [0.4, 0.5) is 0 Å². The summed E-state index contributed by atoms with van der Waals surface area (Å²) in [6, 6.07) is 0.